The average molecular weight is 378 g/mol. The average Bonchev–Trinajstić information content (AvgIpc) is 2.68. The molecule has 0 aliphatic carbocycles. The van der Waals surface area contributed by atoms with Gasteiger partial charge in [-0.1, -0.05) is 18.2 Å². The van der Waals surface area contributed by atoms with E-state index in [1.165, 1.54) is 7.05 Å². The van der Waals surface area contributed by atoms with Crippen molar-refractivity contribution < 1.29 is 8.42 Å². The van der Waals surface area contributed by atoms with E-state index in [9.17, 15) is 8.42 Å². The van der Waals surface area contributed by atoms with Crippen LogP contribution >= 0.6 is 0 Å². The number of pyridine rings is 1. The predicted octanol–water partition coefficient (Wildman–Crippen LogP) is 3.62. The normalized spacial score (nSPS) is 11.7. The minimum Gasteiger partial charge on any atom is -0.399 e. The summed E-state index contributed by atoms with van der Waals surface area (Å²) in [5.74, 6) is 0. The number of sulfonamides is 1. The van der Waals surface area contributed by atoms with Crippen LogP contribution in [0.1, 0.15) is 0 Å². The van der Waals surface area contributed by atoms with Crippen LogP contribution in [0.4, 0.5) is 17.1 Å². The lowest BCUT2D eigenvalue weighted by Crippen LogP contribution is -2.18. The van der Waals surface area contributed by atoms with E-state index in [4.69, 9.17) is 10.7 Å². The van der Waals surface area contributed by atoms with Gasteiger partial charge in [-0.25, -0.2) is 18.1 Å². The highest BCUT2D eigenvalue weighted by Gasteiger charge is 2.12. The first kappa shape index (κ1) is 17.3. The Balaban J connectivity index is 1.85. The Kier molecular flexibility index (Phi) is 4.18. The van der Waals surface area contributed by atoms with Crippen LogP contribution in [0.3, 0.4) is 0 Å². The van der Waals surface area contributed by atoms with E-state index in [1.54, 1.807) is 24.3 Å². The monoisotopic (exact) mass is 378 g/mol. The van der Waals surface area contributed by atoms with Crippen molar-refractivity contribution in [2.24, 2.45) is 0 Å². The number of hydrogen-bond acceptors (Lipinski definition) is 5. The van der Waals surface area contributed by atoms with Crippen molar-refractivity contribution in [1.82, 2.24) is 9.71 Å². The van der Waals surface area contributed by atoms with E-state index in [-0.39, 0.29) is 4.90 Å². The summed E-state index contributed by atoms with van der Waals surface area (Å²) in [6.07, 6.45) is 0. The molecular weight excluding hydrogens is 360 g/mol. The summed E-state index contributed by atoms with van der Waals surface area (Å²) >= 11 is 0. The fourth-order valence-electron chi connectivity index (χ4n) is 3.02. The Morgan fingerprint density at radius 3 is 2.33 bits per heavy atom. The Morgan fingerprint density at radius 1 is 0.889 bits per heavy atom. The number of fused-ring (bicyclic) bond motifs is 2. The van der Waals surface area contributed by atoms with Gasteiger partial charge in [0.25, 0.3) is 0 Å². The van der Waals surface area contributed by atoms with Gasteiger partial charge in [0, 0.05) is 22.1 Å². The molecule has 1 aromatic heterocycles. The number of nitrogens with two attached hydrogens (primary N) is 1. The Bertz CT molecular complexity index is 1250. The predicted molar refractivity (Wildman–Crippen MR) is 110 cm³/mol. The number of anilines is 3. The topological polar surface area (TPSA) is 97.1 Å². The molecular formula is C20H18N4O2S. The molecule has 0 saturated heterocycles. The minimum atomic E-state index is -3.46. The zero-order valence-corrected chi connectivity index (χ0v) is 15.4. The maximum Gasteiger partial charge on any atom is 0.240 e. The maximum atomic E-state index is 11.9. The summed E-state index contributed by atoms with van der Waals surface area (Å²) in [5.41, 5.74) is 9.90. The van der Waals surface area contributed by atoms with Crippen molar-refractivity contribution in [3.8, 4) is 0 Å². The summed E-state index contributed by atoms with van der Waals surface area (Å²) < 4.78 is 26.1. The number of benzene rings is 3. The van der Waals surface area contributed by atoms with Gasteiger partial charge in [0.05, 0.1) is 21.6 Å². The first-order valence-corrected chi connectivity index (χ1v) is 9.85. The molecule has 0 saturated carbocycles. The molecule has 0 bridgehead atoms. The van der Waals surface area contributed by atoms with Crippen molar-refractivity contribution in [1.29, 1.82) is 0 Å². The fraction of sp³-hybridized carbons (Fsp3) is 0.0500. The molecule has 0 atom stereocenters. The number of rotatable bonds is 4. The number of nitrogen functional groups attached to an aromatic ring is 1. The van der Waals surface area contributed by atoms with Gasteiger partial charge in [-0.2, -0.15) is 0 Å². The van der Waals surface area contributed by atoms with Crippen molar-refractivity contribution >= 4 is 48.9 Å². The summed E-state index contributed by atoms with van der Waals surface area (Å²) in [4.78, 5) is 4.91. The van der Waals surface area contributed by atoms with Gasteiger partial charge in [0.15, 0.2) is 0 Å². The van der Waals surface area contributed by atoms with Crippen LogP contribution in [0, 0.1) is 0 Å². The SMILES string of the molecule is CNS(=O)(=O)c1ccc(Nc2c3ccccc3nc3cc(N)ccc23)cc1. The van der Waals surface area contributed by atoms with Gasteiger partial charge in [-0.3, -0.25) is 0 Å². The molecule has 7 heteroatoms. The smallest absolute Gasteiger partial charge is 0.240 e. The highest BCUT2D eigenvalue weighted by atomic mass is 32.2. The number of nitrogens with zero attached hydrogens (tertiary/aromatic N) is 1. The molecule has 136 valence electrons. The van der Waals surface area contributed by atoms with Gasteiger partial charge in [-0.05, 0) is 55.6 Å². The molecule has 4 N–H and O–H groups in total. The zero-order chi connectivity index (χ0) is 19.0. The van der Waals surface area contributed by atoms with E-state index in [0.717, 1.165) is 33.2 Å². The van der Waals surface area contributed by atoms with Crippen LogP contribution in [-0.4, -0.2) is 20.4 Å². The highest BCUT2D eigenvalue weighted by molar-refractivity contribution is 7.89. The molecule has 6 nitrogen and oxygen atoms in total. The molecule has 0 fully saturated rings. The first-order chi connectivity index (χ1) is 13.0. The number of hydrogen-bond donors (Lipinski definition) is 3. The van der Waals surface area contributed by atoms with Crippen molar-refractivity contribution in [2.45, 2.75) is 4.90 Å². The zero-order valence-electron chi connectivity index (χ0n) is 14.6. The molecule has 27 heavy (non-hydrogen) atoms. The van der Waals surface area contributed by atoms with Gasteiger partial charge in [0.2, 0.25) is 10.0 Å². The summed E-state index contributed by atoms with van der Waals surface area (Å²) in [7, 11) is -2.07. The van der Waals surface area contributed by atoms with Crippen molar-refractivity contribution in [2.75, 3.05) is 18.1 Å². The number of para-hydroxylation sites is 1. The lowest BCUT2D eigenvalue weighted by Gasteiger charge is -2.14. The van der Waals surface area contributed by atoms with E-state index >= 15 is 0 Å². The summed E-state index contributed by atoms with van der Waals surface area (Å²) in [6, 6.07) is 20.1. The quantitative estimate of drug-likeness (QED) is 0.372. The van der Waals surface area contributed by atoms with Gasteiger partial charge in [0.1, 0.15) is 0 Å². The Morgan fingerprint density at radius 2 is 1.59 bits per heavy atom. The molecule has 0 amide bonds. The highest BCUT2D eigenvalue weighted by Crippen LogP contribution is 2.34. The third kappa shape index (κ3) is 3.18. The standard InChI is InChI=1S/C20H18N4O2S/c1-22-27(25,26)15-9-7-14(8-10-15)23-20-16-4-2-3-5-18(16)24-19-12-13(21)6-11-17(19)20/h2-12,22H,21H2,1H3,(H,23,24). The van der Waals surface area contributed by atoms with E-state index in [2.05, 4.69) is 10.0 Å². The van der Waals surface area contributed by atoms with E-state index in [0.29, 0.717) is 5.69 Å². The first-order valence-electron chi connectivity index (χ1n) is 8.36. The lowest BCUT2D eigenvalue weighted by atomic mass is 10.1. The maximum absolute atomic E-state index is 11.9. The molecule has 3 aromatic carbocycles. The number of aromatic nitrogens is 1. The van der Waals surface area contributed by atoms with E-state index < -0.39 is 10.0 Å². The van der Waals surface area contributed by atoms with Crippen LogP contribution in [0.25, 0.3) is 21.8 Å². The van der Waals surface area contributed by atoms with Crippen LogP contribution in [0.5, 0.6) is 0 Å². The van der Waals surface area contributed by atoms with Crippen LogP contribution in [-0.2, 0) is 10.0 Å². The second-order valence-corrected chi connectivity index (χ2v) is 8.02. The van der Waals surface area contributed by atoms with E-state index in [1.807, 2.05) is 42.5 Å². The minimum absolute atomic E-state index is 0.216. The van der Waals surface area contributed by atoms with Gasteiger partial charge in [-0.15, -0.1) is 0 Å². The molecule has 0 aliphatic heterocycles. The third-order valence-electron chi connectivity index (χ3n) is 4.41. The van der Waals surface area contributed by atoms with Crippen molar-refractivity contribution in [3.63, 3.8) is 0 Å². The molecule has 4 rings (SSSR count). The summed E-state index contributed by atoms with van der Waals surface area (Å²) in [5, 5.41) is 5.32. The molecule has 1 heterocycles. The van der Waals surface area contributed by atoms with Gasteiger partial charge >= 0.3 is 0 Å². The number of nitrogens with one attached hydrogen (secondary N) is 2. The Hall–Kier alpha value is -3.16. The molecule has 4 aromatic rings. The molecule has 0 radical (unpaired) electrons. The molecule has 0 spiro atoms. The fourth-order valence-corrected chi connectivity index (χ4v) is 3.75. The third-order valence-corrected chi connectivity index (χ3v) is 5.84. The van der Waals surface area contributed by atoms with Crippen LogP contribution < -0.4 is 15.8 Å². The van der Waals surface area contributed by atoms with Crippen LogP contribution in [0.2, 0.25) is 0 Å². The summed E-state index contributed by atoms with van der Waals surface area (Å²) in [6.45, 7) is 0. The largest absolute Gasteiger partial charge is 0.399 e. The second-order valence-electron chi connectivity index (χ2n) is 6.14. The molecule has 0 aliphatic rings. The van der Waals surface area contributed by atoms with Crippen molar-refractivity contribution in [3.05, 3.63) is 66.7 Å². The second kappa shape index (κ2) is 6.53. The van der Waals surface area contributed by atoms with Crippen LogP contribution in [0.15, 0.2) is 71.6 Å². The van der Waals surface area contributed by atoms with Gasteiger partial charge < -0.3 is 11.1 Å². The Labute approximate surface area is 157 Å². The molecule has 0 unspecified atom stereocenters. The lowest BCUT2D eigenvalue weighted by molar-refractivity contribution is 0.588.